The van der Waals surface area contributed by atoms with Crippen LogP contribution in [0.1, 0.15) is 31.4 Å². The van der Waals surface area contributed by atoms with E-state index in [2.05, 4.69) is 24.0 Å². The summed E-state index contributed by atoms with van der Waals surface area (Å²) in [5.41, 5.74) is 7.28. The summed E-state index contributed by atoms with van der Waals surface area (Å²) in [6.45, 7) is 7.53. The normalized spacial score (nSPS) is 17.9. The molecule has 0 amide bonds. The van der Waals surface area contributed by atoms with Crippen LogP contribution in [0.3, 0.4) is 0 Å². The SMILES string of the molecule is CCCC(N)c1ccc(OCCN2CCOCC2)cc1. The Morgan fingerprint density at radius 2 is 1.95 bits per heavy atom. The van der Waals surface area contributed by atoms with Gasteiger partial charge in [0.05, 0.1) is 13.2 Å². The van der Waals surface area contributed by atoms with Gasteiger partial charge in [-0.05, 0) is 24.1 Å². The minimum atomic E-state index is 0.141. The molecule has 20 heavy (non-hydrogen) atoms. The first kappa shape index (κ1) is 15.3. The summed E-state index contributed by atoms with van der Waals surface area (Å²) in [5, 5.41) is 0. The molecule has 1 unspecified atom stereocenters. The van der Waals surface area contributed by atoms with Crippen molar-refractivity contribution in [2.24, 2.45) is 5.73 Å². The monoisotopic (exact) mass is 278 g/mol. The maximum Gasteiger partial charge on any atom is 0.119 e. The van der Waals surface area contributed by atoms with Crippen molar-refractivity contribution in [1.82, 2.24) is 4.90 Å². The molecule has 1 fully saturated rings. The van der Waals surface area contributed by atoms with Gasteiger partial charge in [-0.15, -0.1) is 0 Å². The van der Waals surface area contributed by atoms with Crippen LogP contribution in [0.15, 0.2) is 24.3 Å². The molecule has 1 heterocycles. The van der Waals surface area contributed by atoms with Crippen molar-refractivity contribution in [3.05, 3.63) is 29.8 Å². The first-order valence-electron chi connectivity index (χ1n) is 7.58. The summed E-state index contributed by atoms with van der Waals surface area (Å²) in [6, 6.07) is 8.32. The highest BCUT2D eigenvalue weighted by Gasteiger charge is 2.10. The Balaban J connectivity index is 1.73. The fourth-order valence-electron chi connectivity index (χ4n) is 2.41. The number of benzene rings is 1. The molecule has 0 radical (unpaired) electrons. The van der Waals surface area contributed by atoms with Gasteiger partial charge in [-0.2, -0.15) is 0 Å². The number of hydrogen-bond donors (Lipinski definition) is 1. The van der Waals surface area contributed by atoms with Gasteiger partial charge in [0.25, 0.3) is 0 Å². The Hall–Kier alpha value is -1.10. The highest BCUT2D eigenvalue weighted by Crippen LogP contribution is 2.19. The van der Waals surface area contributed by atoms with Crippen molar-refractivity contribution in [1.29, 1.82) is 0 Å². The largest absolute Gasteiger partial charge is 0.492 e. The van der Waals surface area contributed by atoms with E-state index in [0.29, 0.717) is 0 Å². The molecule has 0 saturated carbocycles. The average Bonchev–Trinajstić information content (AvgIpc) is 2.49. The van der Waals surface area contributed by atoms with E-state index in [1.807, 2.05) is 12.1 Å². The smallest absolute Gasteiger partial charge is 0.119 e. The molecule has 4 nitrogen and oxygen atoms in total. The highest BCUT2D eigenvalue weighted by atomic mass is 16.5. The van der Waals surface area contributed by atoms with E-state index in [9.17, 15) is 0 Å². The third kappa shape index (κ3) is 4.78. The predicted molar refractivity (Wildman–Crippen MR) is 81.0 cm³/mol. The zero-order valence-corrected chi connectivity index (χ0v) is 12.4. The lowest BCUT2D eigenvalue weighted by Gasteiger charge is -2.26. The van der Waals surface area contributed by atoms with Crippen molar-refractivity contribution in [3.63, 3.8) is 0 Å². The molecule has 1 aliphatic rings. The molecule has 1 atom stereocenters. The number of nitrogens with two attached hydrogens (primary N) is 1. The zero-order chi connectivity index (χ0) is 14.2. The van der Waals surface area contributed by atoms with E-state index in [0.717, 1.165) is 58.0 Å². The molecule has 0 aromatic heterocycles. The quantitative estimate of drug-likeness (QED) is 0.830. The Kier molecular flexibility index (Phi) is 6.30. The Morgan fingerprint density at radius 1 is 1.25 bits per heavy atom. The number of nitrogens with zero attached hydrogens (tertiary/aromatic N) is 1. The van der Waals surface area contributed by atoms with Crippen LogP contribution >= 0.6 is 0 Å². The van der Waals surface area contributed by atoms with Gasteiger partial charge < -0.3 is 15.2 Å². The summed E-state index contributed by atoms with van der Waals surface area (Å²) in [4.78, 5) is 2.37. The molecule has 1 aromatic carbocycles. The van der Waals surface area contributed by atoms with Crippen LogP contribution in [0.25, 0.3) is 0 Å². The van der Waals surface area contributed by atoms with E-state index in [1.165, 1.54) is 5.56 Å². The van der Waals surface area contributed by atoms with Crippen molar-refractivity contribution in [2.75, 3.05) is 39.5 Å². The van der Waals surface area contributed by atoms with Crippen molar-refractivity contribution in [3.8, 4) is 5.75 Å². The Morgan fingerprint density at radius 3 is 2.60 bits per heavy atom. The molecule has 2 rings (SSSR count). The molecule has 112 valence electrons. The molecule has 0 aliphatic carbocycles. The van der Waals surface area contributed by atoms with Crippen LogP contribution in [0.5, 0.6) is 5.75 Å². The lowest BCUT2D eigenvalue weighted by Crippen LogP contribution is -2.38. The van der Waals surface area contributed by atoms with Crippen LogP contribution in [0.4, 0.5) is 0 Å². The number of hydrogen-bond acceptors (Lipinski definition) is 4. The van der Waals surface area contributed by atoms with E-state index in [-0.39, 0.29) is 6.04 Å². The second-order valence-electron chi connectivity index (χ2n) is 5.27. The minimum absolute atomic E-state index is 0.141. The Labute approximate surface area is 121 Å². The van der Waals surface area contributed by atoms with Crippen LogP contribution in [0, 0.1) is 0 Å². The van der Waals surface area contributed by atoms with Crippen LogP contribution in [0.2, 0.25) is 0 Å². The number of rotatable bonds is 7. The highest BCUT2D eigenvalue weighted by molar-refractivity contribution is 5.29. The van der Waals surface area contributed by atoms with E-state index < -0.39 is 0 Å². The standard InChI is InChI=1S/C16H26N2O2/c1-2-3-16(17)14-4-6-15(7-5-14)20-13-10-18-8-11-19-12-9-18/h4-7,16H,2-3,8-13,17H2,1H3. The fourth-order valence-corrected chi connectivity index (χ4v) is 2.41. The van der Waals surface area contributed by atoms with E-state index in [1.54, 1.807) is 0 Å². The van der Waals surface area contributed by atoms with Gasteiger partial charge in [0, 0.05) is 25.7 Å². The molecule has 0 spiro atoms. The first-order chi connectivity index (χ1) is 9.79. The second kappa shape index (κ2) is 8.25. The van der Waals surface area contributed by atoms with Crippen LogP contribution in [-0.4, -0.2) is 44.4 Å². The summed E-state index contributed by atoms with van der Waals surface area (Å²) >= 11 is 0. The summed E-state index contributed by atoms with van der Waals surface area (Å²) in [7, 11) is 0. The Bertz CT molecular complexity index is 375. The first-order valence-corrected chi connectivity index (χ1v) is 7.58. The van der Waals surface area contributed by atoms with Crippen LogP contribution in [-0.2, 0) is 4.74 Å². The number of ether oxygens (including phenoxy) is 2. The van der Waals surface area contributed by atoms with Crippen molar-refractivity contribution < 1.29 is 9.47 Å². The second-order valence-corrected chi connectivity index (χ2v) is 5.27. The summed E-state index contributed by atoms with van der Waals surface area (Å²) in [6.07, 6.45) is 2.14. The van der Waals surface area contributed by atoms with Gasteiger partial charge in [-0.3, -0.25) is 4.90 Å². The molecular formula is C16H26N2O2. The topological polar surface area (TPSA) is 47.7 Å². The fraction of sp³-hybridized carbons (Fsp3) is 0.625. The molecule has 0 bridgehead atoms. The van der Waals surface area contributed by atoms with Gasteiger partial charge in [0.1, 0.15) is 12.4 Å². The van der Waals surface area contributed by atoms with Gasteiger partial charge in [-0.1, -0.05) is 25.5 Å². The molecular weight excluding hydrogens is 252 g/mol. The number of morpholine rings is 1. The molecule has 1 aromatic rings. The molecule has 2 N–H and O–H groups in total. The average molecular weight is 278 g/mol. The van der Waals surface area contributed by atoms with Crippen LogP contribution < -0.4 is 10.5 Å². The van der Waals surface area contributed by atoms with Gasteiger partial charge in [0.2, 0.25) is 0 Å². The lowest BCUT2D eigenvalue weighted by atomic mass is 10.0. The van der Waals surface area contributed by atoms with Gasteiger partial charge in [0.15, 0.2) is 0 Å². The summed E-state index contributed by atoms with van der Waals surface area (Å²) in [5.74, 6) is 0.922. The zero-order valence-electron chi connectivity index (χ0n) is 12.4. The minimum Gasteiger partial charge on any atom is -0.492 e. The molecule has 1 saturated heterocycles. The van der Waals surface area contributed by atoms with Gasteiger partial charge in [-0.25, -0.2) is 0 Å². The van der Waals surface area contributed by atoms with Crippen molar-refractivity contribution in [2.45, 2.75) is 25.8 Å². The maximum atomic E-state index is 6.09. The predicted octanol–water partition coefficient (Wildman–Crippen LogP) is 2.20. The maximum absolute atomic E-state index is 6.09. The van der Waals surface area contributed by atoms with E-state index >= 15 is 0 Å². The van der Waals surface area contributed by atoms with E-state index in [4.69, 9.17) is 15.2 Å². The summed E-state index contributed by atoms with van der Waals surface area (Å²) < 4.78 is 11.1. The third-order valence-electron chi connectivity index (χ3n) is 3.69. The van der Waals surface area contributed by atoms with Crippen molar-refractivity contribution >= 4 is 0 Å². The van der Waals surface area contributed by atoms with Gasteiger partial charge >= 0.3 is 0 Å². The third-order valence-corrected chi connectivity index (χ3v) is 3.69. The molecule has 4 heteroatoms. The lowest BCUT2D eigenvalue weighted by molar-refractivity contribution is 0.0322. The molecule has 1 aliphatic heterocycles.